The third-order valence-corrected chi connectivity index (χ3v) is 6.53. The van der Waals surface area contributed by atoms with Crippen molar-refractivity contribution in [2.75, 3.05) is 0 Å². The highest BCUT2D eigenvalue weighted by Gasteiger charge is 2.12. The Labute approximate surface area is 216 Å². The Kier molecular flexibility index (Phi) is 11.4. The van der Waals surface area contributed by atoms with Gasteiger partial charge in [0.2, 0.25) is 0 Å². The number of carboxylic acids is 1. The van der Waals surface area contributed by atoms with Crippen molar-refractivity contribution in [2.24, 2.45) is 0 Å². The van der Waals surface area contributed by atoms with Crippen LogP contribution in [0.4, 0.5) is 0 Å². The number of nitrogens with zero attached hydrogens (tertiary/aromatic N) is 2. The van der Waals surface area contributed by atoms with E-state index in [0.717, 1.165) is 23.1 Å². The lowest BCUT2D eigenvalue weighted by atomic mass is 10.0. The Morgan fingerprint density at radius 3 is 1.83 bits per heavy atom. The maximum atomic E-state index is 10.9. The summed E-state index contributed by atoms with van der Waals surface area (Å²) in [5.74, 6) is 0.127. The number of benzene rings is 2. The minimum Gasteiger partial charge on any atom is -0.479 e. The maximum Gasteiger partial charge on any atom is 0.344 e. The van der Waals surface area contributed by atoms with Crippen LogP contribution < -0.4 is 4.74 Å². The molecule has 0 aliphatic heterocycles. The van der Waals surface area contributed by atoms with E-state index in [9.17, 15) is 4.79 Å². The lowest BCUT2D eigenvalue weighted by Gasteiger charge is -2.10. The second-order valence-electron chi connectivity index (χ2n) is 9.55. The lowest BCUT2D eigenvalue weighted by molar-refractivity contribution is -0.144. The summed E-state index contributed by atoms with van der Waals surface area (Å²) in [7, 11) is 0. The van der Waals surface area contributed by atoms with Gasteiger partial charge < -0.3 is 9.84 Å². The molecule has 1 aromatic heterocycles. The standard InChI is InChI=1S/C31H40N2O3/c1-3-4-5-6-7-8-9-10-11-12-13-25-14-16-26(17-15-25)28-22-32-30(33-23-28)27-18-20-29(21-19-27)36-24(2)31(34)35/h14-24H,3-13H2,1-2H3,(H,34,35). The zero-order valence-electron chi connectivity index (χ0n) is 21.8. The number of aliphatic carboxylic acids is 1. The third-order valence-electron chi connectivity index (χ3n) is 6.53. The monoisotopic (exact) mass is 488 g/mol. The molecule has 1 atom stereocenters. The minimum atomic E-state index is -0.996. The zero-order chi connectivity index (χ0) is 25.6. The van der Waals surface area contributed by atoms with Gasteiger partial charge in [0, 0.05) is 23.5 Å². The molecule has 1 heterocycles. The van der Waals surface area contributed by atoms with E-state index in [1.54, 1.807) is 12.1 Å². The summed E-state index contributed by atoms with van der Waals surface area (Å²) in [6.07, 6.45) is 17.6. The van der Waals surface area contributed by atoms with E-state index in [2.05, 4.69) is 41.2 Å². The van der Waals surface area contributed by atoms with Crippen molar-refractivity contribution < 1.29 is 14.6 Å². The smallest absolute Gasteiger partial charge is 0.344 e. The van der Waals surface area contributed by atoms with Crippen LogP contribution in [0.25, 0.3) is 22.5 Å². The molecule has 0 aliphatic carbocycles. The van der Waals surface area contributed by atoms with Crippen LogP contribution in [-0.4, -0.2) is 27.1 Å². The molecule has 192 valence electrons. The van der Waals surface area contributed by atoms with Crippen molar-refractivity contribution in [3.63, 3.8) is 0 Å². The second-order valence-corrected chi connectivity index (χ2v) is 9.55. The average Bonchev–Trinajstić information content (AvgIpc) is 2.90. The first-order chi connectivity index (χ1) is 17.6. The summed E-state index contributed by atoms with van der Waals surface area (Å²) < 4.78 is 5.37. The van der Waals surface area contributed by atoms with Crippen molar-refractivity contribution in [1.29, 1.82) is 0 Å². The van der Waals surface area contributed by atoms with Crippen molar-refractivity contribution in [3.05, 3.63) is 66.5 Å². The fourth-order valence-corrected chi connectivity index (χ4v) is 4.24. The molecule has 36 heavy (non-hydrogen) atoms. The van der Waals surface area contributed by atoms with Crippen molar-refractivity contribution >= 4 is 5.97 Å². The van der Waals surface area contributed by atoms with Crippen LogP contribution in [0, 0.1) is 0 Å². The van der Waals surface area contributed by atoms with Gasteiger partial charge in [0.15, 0.2) is 11.9 Å². The summed E-state index contributed by atoms with van der Waals surface area (Å²) in [4.78, 5) is 20.0. The van der Waals surface area contributed by atoms with Crippen molar-refractivity contribution in [1.82, 2.24) is 9.97 Å². The van der Waals surface area contributed by atoms with Gasteiger partial charge in [-0.2, -0.15) is 0 Å². The molecule has 5 nitrogen and oxygen atoms in total. The molecule has 2 aromatic carbocycles. The number of rotatable bonds is 16. The molecule has 0 radical (unpaired) electrons. The summed E-state index contributed by atoms with van der Waals surface area (Å²) >= 11 is 0. The van der Waals surface area contributed by atoms with Gasteiger partial charge >= 0.3 is 5.97 Å². The summed E-state index contributed by atoms with van der Waals surface area (Å²) in [5.41, 5.74) is 4.33. The van der Waals surface area contributed by atoms with Crippen LogP contribution in [0.1, 0.15) is 83.6 Å². The van der Waals surface area contributed by atoms with Crippen LogP contribution in [0.2, 0.25) is 0 Å². The van der Waals surface area contributed by atoms with Gasteiger partial charge in [0.1, 0.15) is 5.75 Å². The third kappa shape index (κ3) is 9.10. The fourth-order valence-electron chi connectivity index (χ4n) is 4.24. The minimum absolute atomic E-state index is 0.503. The van der Waals surface area contributed by atoms with E-state index in [-0.39, 0.29) is 0 Å². The number of aryl methyl sites for hydroxylation is 1. The van der Waals surface area contributed by atoms with E-state index in [0.29, 0.717) is 11.6 Å². The van der Waals surface area contributed by atoms with E-state index in [4.69, 9.17) is 9.84 Å². The predicted molar refractivity (Wildman–Crippen MR) is 146 cm³/mol. The van der Waals surface area contributed by atoms with Gasteiger partial charge in [-0.15, -0.1) is 0 Å². The van der Waals surface area contributed by atoms with Gasteiger partial charge in [0.05, 0.1) is 0 Å². The highest BCUT2D eigenvalue weighted by Crippen LogP contribution is 2.23. The lowest BCUT2D eigenvalue weighted by Crippen LogP contribution is -2.22. The number of carbonyl (C=O) groups is 1. The van der Waals surface area contributed by atoms with E-state index in [1.165, 1.54) is 76.7 Å². The van der Waals surface area contributed by atoms with Gasteiger partial charge in [-0.05, 0) is 55.2 Å². The Morgan fingerprint density at radius 2 is 1.28 bits per heavy atom. The molecule has 0 spiro atoms. The number of carboxylic acid groups (broad SMARTS) is 1. The number of unbranched alkanes of at least 4 members (excludes halogenated alkanes) is 9. The summed E-state index contributed by atoms with van der Waals surface area (Å²) in [5, 5.41) is 8.97. The molecule has 0 saturated heterocycles. The predicted octanol–water partition coefficient (Wildman–Crippen LogP) is 8.13. The summed E-state index contributed by atoms with van der Waals surface area (Å²) in [6, 6.07) is 15.9. The summed E-state index contributed by atoms with van der Waals surface area (Å²) in [6.45, 7) is 3.77. The maximum absolute atomic E-state index is 10.9. The SMILES string of the molecule is CCCCCCCCCCCCc1ccc(-c2cnc(-c3ccc(OC(C)C(=O)O)cc3)nc2)cc1. The Balaban J connectivity index is 1.42. The molecule has 0 fully saturated rings. The fraction of sp³-hybridized carbons (Fsp3) is 0.452. The zero-order valence-corrected chi connectivity index (χ0v) is 21.8. The van der Waals surface area contributed by atoms with E-state index in [1.807, 2.05) is 24.5 Å². The highest BCUT2D eigenvalue weighted by molar-refractivity contribution is 5.72. The number of hydrogen-bond acceptors (Lipinski definition) is 4. The molecule has 5 heteroatoms. The molecule has 0 bridgehead atoms. The van der Waals surface area contributed by atoms with E-state index >= 15 is 0 Å². The quantitative estimate of drug-likeness (QED) is 0.206. The van der Waals surface area contributed by atoms with Crippen LogP contribution in [0.15, 0.2) is 60.9 Å². The second kappa shape index (κ2) is 15.0. The first-order valence-corrected chi connectivity index (χ1v) is 13.5. The van der Waals surface area contributed by atoms with E-state index < -0.39 is 12.1 Å². The Morgan fingerprint density at radius 1 is 0.750 bits per heavy atom. The van der Waals surface area contributed by atoms with Gasteiger partial charge in [0.25, 0.3) is 0 Å². The van der Waals surface area contributed by atoms with Crippen LogP contribution in [0.5, 0.6) is 5.75 Å². The largest absolute Gasteiger partial charge is 0.479 e. The molecule has 0 aliphatic rings. The van der Waals surface area contributed by atoms with Crippen LogP contribution in [-0.2, 0) is 11.2 Å². The van der Waals surface area contributed by atoms with Gasteiger partial charge in [-0.1, -0.05) is 89.0 Å². The highest BCUT2D eigenvalue weighted by atomic mass is 16.5. The molecule has 3 aromatic rings. The molecule has 3 rings (SSSR count). The van der Waals surface area contributed by atoms with Crippen LogP contribution >= 0.6 is 0 Å². The topological polar surface area (TPSA) is 72.3 Å². The number of aromatic nitrogens is 2. The normalized spacial score (nSPS) is 11.8. The Hall–Kier alpha value is -3.21. The number of hydrogen-bond donors (Lipinski definition) is 1. The molecular weight excluding hydrogens is 448 g/mol. The Bertz CT molecular complexity index is 1030. The molecule has 1 N–H and O–H groups in total. The van der Waals surface area contributed by atoms with Crippen molar-refractivity contribution in [2.45, 2.75) is 90.6 Å². The first-order valence-electron chi connectivity index (χ1n) is 13.5. The van der Waals surface area contributed by atoms with Gasteiger partial charge in [-0.3, -0.25) is 0 Å². The van der Waals surface area contributed by atoms with Crippen molar-refractivity contribution in [3.8, 4) is 28.3 Å². The average molecular weight is 489 g/mol. The molecule has 0 amide bonds. The van der Waals surface area contributed by atoms with Crippen LogP contribution in [0.3, 0.4) is 0 Å². The molecule has 1 unspecified atom stereocenters. The first kappa shape index (κ1) is 27.4. The van der Waals surface area contributed by atoms with Gasteiger partial charge in [-0.25, -0.2) is 14.8 Å². The molecule has 0 saturated carbocycles. The number of ether oxygens (including phenoxy) is 1. The molecular formula is C31H40N2O3.